The molecule has 0 aliphatic heterocycles. The Balaban J connectivity index is 1.73. The van der Waals surface area contributed by atoms with Crippen molar-refractivity contribution in [2.24, 2.45) is 5.73 Å². The van der Waals surface area contributed by atoms with Gasteiger partial charge in [0.15, 0.2) is 17.3 Å². The van der Waals surface area contributed by atoms with Gasteiger partial charge >= 0.3 is 0 Å². The maximum absolute atomic E-state index is 12.3. The van der Waals surface area contributed by atoms with Crippen LogP contribution < -0.4 is 15.2 Å². The van der Waals surface area contributed by atoms with Crippen molar-refractivity contribution in [1.82, 2.24) is 0 Å². The number of amides is 1. The van der Waals surface area contributed by atoms with Gasteiger partial charge in [0, 0.05) is 11.1 Å². The summed E-state index contributed by atoms with van der Waals surface area (Å²) in [5, 5.41) is 0. The number of carbonyl (C=O) groups is 2. The molecule has 27 heavy (non-hydrogen) atoms. The monoisotopic (exact) mass is 365 g/mol. The summed E-state index contributed by atoms with van der Waals surface area (Å²) in [5.41, 5.74) is 6.93. The SMILES string of the molecule is COc1ccc(/C=C/C(=O)c2ccc(C(N)=O)cc2)cc1OC1CCCC1. The molecule has 0 saturated heterocycles. The summed E-state index contributed by atoms with van der Waals surface area (Å²) < 4.78 is 11.5. The second-order valence-electron chi connectivity index (χ2n) is 6.57. The van der Waals surface area contributed by atoms with Crippen molar-refractivity contribution in [3.63, 3.8) is 0 Å². The highest BCUT2D eigenvalue weighted by Gasteiger charge is 2.18. The number of carbonyl (C=O) groups excluding carboxylic acids is 2. The molecule has 1 saturated carbocycles. The topological polar surface area (TPSA) is 78.6 Å². The minimum atomic E-state index is -0.516. The van der Waals surface area contributed by atoms with Crippen LogP contribution in [0.4, 0.5) is 0 Å². The Kier molecular flexibility index (Phi) is 5.91. The molecule has 0 radical (unpaired) electrons. The molecule has 0 unspecified atom stereocenters. The van der Waals surface area contributed by atoms with Gasteiger partial charge in [-0.3, -0.25) is 9.59 Å². The van der Waals surface area contributed by atoms with Gasteiger partial charge in [-0.1, -0.05) is 24.3 Å². The van der Waals surface area contributed by atoms with Crippen molar-refractivity contribution < 1.29 is 19.1 Å². The number of rotatable bonds is 7. The number of methoxy groups -OCH3 is 1. The summed E-state index contributed by atoms with van der Waals surface area (Å²) in [7, 11) is 1.62. The summed E-state index contributed by atoms with van der Waals surface area (Å²) in [5.74, 6) is 0.717. The zero-order valence-electron chi connectivity index (χ0n) is 15.3. The molecule has 0 spiro atoms. The molecular weight excluding hydrogens is 342 g/mol. The number of benzene rings is 2. The first-order valence-corrected chi connectivity index (χ1v) is 9.04. The van der Waals surface area contributed by atoms with Crippen LogP contribution in [-0.2, 0) is 0 Å². The van der Waals surface area contributed by atoms with Crippen LogP contribution in [0.25, 0.3) is 6.08 Å². The van der Waals surface area contributed by atoms with Crippen LogP contribution in [-0.4, -0.2) is 24.9 Å². The number of allylic oxidation sites excluding steroid dienone is 1. The summed E-state index contributed by atoms with van der Waals surface area (Å²) >= 11 is 0. The van der Waals surface area contributed by atoms with Gasteiger partial charge in [0.1, 0.15) is 0 Å². The molecule has 1 amide bonds. The summed E-state index contributed by atoms with van der Waals surface area (Å²) in [6.07, 6.45) is 7.96. The highest BCUT2D eigenvalue weighted by Crippen LogP contribution is 2.32. The standard InChI is InChI=1S/C22H23NO4/c1-26-20-13-7-15(14-21(20)27-18-4-2-3-5-18)6-12-19(24)16-8-10-17(11-9-16)22(23)25/h6-14,18H,2-5H2,1H3,(H2,23,25)/b12-6+. The maximum atomic E-state index is 12.3. The van der Waals surface area contributed by atoms with E-state index < -0.39 is 5.91 Å². The summed E-state index contributed by atoms with van der Waals surface area (Å²) in [4.78, 5) is 23.4. The van der Waals surface area contributed by atoms with Gasteiger partial charge in [0.25, 0.3) is 0 Å². The molecule has 1 fully saturated rings. The molecule has 2 aromatic carbocycles. The van der Waals surface area contributed by atoms with Crippen LogP contribution in [0.5, 0.6) is 11.5 Å². The average molecular weight is 365 g/mol. The molecule has 5 nitrogen and oxygen atoms in total. The number of ether oxygens (including phenoxy) is 2. The largest absolute Gasteiger partial charge is 0.493 e. The number of ketones is 1. The van der Waals surface area contributed by atoms with E-state index in [0.29, 0.717) is 22.6 Å². The van der Waals surface area contributed by atoms with Crippen molar-refractivity contribution in [3.05, 3.63) is 65.2 Å². The third-order valence-corrected chi connectivity index (χ3v) is 4.66. The minimum absolute atomic E-state index is 0.153. The lowest BCUT2D eigenvalue weighted by atomic mass is 10.1. The predicted molar refractivity (Wildman–Crippen MR) is 104 cm³/mol. The Bertz CT molecular complexity index is 849. The lowest BCUT2D eigenvalue weighted by molar-refractivity contribution is 0.0997. The number of hydrogen-bond acceptors (Lipinski definition) is 4. The predicted octanol–water partition coefficient (Wildman–Crippen LogP) is 4.01. The van der Waals surface area contributed by atoms with Crippen LogP contribution in [0.3, 0.4) is 0 Å². The summed E-state index contributed by atoms with van der Waals surface area (Å²) in [6, 6.07) is 11.9. The first kappa shape index (κ1) is 18.7. The Morgan fingerprint density at radius 3 is 2.30 bits per heavy atom. The fourth-order valence-electron chi connectivity index (χ4n) is 3.14. The van der Waals surface area contributed by atoms with Crippen LogP contribution in [0.2, 0.25) is 0 Å². The molecule has 0 atom stereocenters. The molecule has 1 aliphatic carbocycles. The molecule has 0 heterocycles. The summed E-state index contributed by atoms with van der Waals surface area (Å²) in [6.45, 7) is 0. The van der Waals surface area contributed by atoms with E-state index in [4.69, 9.17) is 15.2 Å². The zero-order valence-corrected chi connectivity index (χ0v) is 15.3. The van der Waals surface area contributed by atoms with Gasteiger partial charge in [-0.2, -0.15) is 0 Å². The third-order valence-electron chi connectivity index (χ3n) is 4.66. The van der Waals surface area contributed by atoms with Gasteiger partial charge in [0.05, 0.1) is 13.2 Å². The highest BCUT2D eigenvalue weighted by atomic mass is 16.5. The normalized spacial score (nSPS) is 14.4. The Hall–Kier alpha value is -3.08. The van der Waals surface area contributed by atoms with Crippen molar-refractivity contribution in [2.45, 2.75) is 31.8 Å². The Labute approximate surface area is 158 Å². The lowest BCUT2D eigenvalue weighted by Gasteiger charge is -2.16. The van der Waals surface area contributed by atoms with Crippen LogP contribution in [0, 0.1) is 0 Å². The average Bonchev–Trinajstić information content (AvgIpc) is 3.19. The molecule has 0 aromatic heterocycles. The van der Waals surface area contributed by atoms with Gasteiger partial charge in [-0.15, -0.1) is 0 Å². The van der Waals surface area contributed by atoms with Gasteiger partial charge in [0.2, 0.25) is 5.91 Å². The first-order valence-electron chi connectivity index (χ1n) is 9.04. The van der Waals surface area contributed by atoms with Gasteiger partial charge < -0.3 is 15.2 Å². The molecule has 1 aliphatic rings. The lowest BCUT2D eigenvalue weighted by Crippen LogP contribution is -2.11. The van der Waals surface area contributed by atoms with Crippen molar-refractivity contribution >= 4 is 17.8 Å². The van der Waals surface area contributed by atoms with Crippen molar-refractivity contribution in [1.29, 1.82) is 0 Å². The zero-order chi connectivity index (χ0) is 19.2. The molecule has 2 aromatic rings. The molecule has 140 valence electrons. The fourth-order valence-corrected chi connectivity index (χ4v) is 3.14. The third kappa shape index (κ3) is 4.76. The molecule has 2 N–H and O–H groups in total. The second-order valence-corrected chi connectivity index (χ2v) is 6.57. The van der Waals surface area contributed by atoms with Gasteiger partial charge in [-0.05, 0) is 61.6 Å². The van der Waals surface area contributed by atoms with Crippen LogP contribution >= 0.6 is 0 Å². The van der Waals surface area contributed by atoms with E-state index >= 15 is 0 Å². The van der Waals surface area contributed by atoms with E-state index in [9.17, 15) is 9.59 Å². The molecular formula is C22H23NO4. The van der Waals surface area contributed by atoms with Crippen LogP contribution in [0.1, 0.15) is 52.0 Å². The first-order chi connectivity index (χ1) is 13.1. The van der Waals surface area contributed by atoms with E-state index in [1.165, 1.54) is 18.9 Å². The number of primary amides is 1. The minimum Gasteiger partial charge on any atom is -0.493 e. The van der Waals surface area contributed by atoms with Gasteiger partial charge in [-0.25, -0.2) is 0 Å². The number of nitrogens with two attached hydrogens (primary N) is 1. The van der Waals surface area contributed by atoms with E-state index in [2.05, 4.69) is 0 Å². The van der Waals surface area contributed by atoms with E-state index in [-0.39, 0.29) is 11.9 Å². The van der Waals surface area contributed by atoms with E-state index in [0.717, 1.165) is 18.4 Å². The molecule has 0 bridgehead atoms. The molecule has 5 heteroatoms. The molecule has 3 rings (SSSR count). The Morgan fingerprint density at radius 1 is 1.00 bits per heavy atom. The second kappa shape index (κ2) is 8.54. The Morgan fingerprint density at radius 2 is 1.67 bits per heavy atom. The van der Waals surface area contributed by atoms with Crippen molar-refractivity contribution in [2.75, 3.05) is 7.11 Å². The fraction of sp³-hybridized carbons (Fsp3) is 0.273. The quantitative estimate of drug-likeness (QED) is 0.594. The maximum Gasteiger partial charge on any atom is 0.248 e. The van der Waals surface area contributed by atoms with E-state index in [1.54, 1.807) is 37.5 Å². The smallest absolute Gasteiger partial charge is 0.248 e. The number of hydrogen-bond donors (Lipinski definition) is 1. The van der Waals surface area contributed by atoms with Crippen LogP contribution in [0.15, 0.2) is 48.5 Å². The highest BCUT2D eigenvalue weighted by molar-refractivity contribution is 6.07. The van der Waals surface area contributed by atoms with Crippen molar-refractivity contribution in [3.8, 4) is 11.5 Å². The van der Waals surface area contributed by atoms with E-state index in [1.807, 2.05) is 18.2 Å².